The van der Waals surface area contributed by atoms with Crippen molar-refractivity contribution < 1.29 is 23.9 Å². The molecule has 5 aliphatic rings. The highest BCUT2D eigenvalue weighted by Crippen LogP contribution is 2.56. The molecule has 4 fully saturated rings. The van der Waals surface area contributed by atoms with Crippen molar-refractivity contribution in [3.05, 3.63) is 36.4 Å². The van der Waals surface area contributed by atoms with Gasteiger partial charge in [0.25, 0.3) is 0 Å². The van der Waals surface area contributed by atoms with Crippen LogP contribution in [-0.4, -0.2) is 59.6 Å². The first-order valence-corrected chi connectivity index (χ1v) is 14.0. The summed E-state index contributed by atoms with van der Waals surface area (Å²) in [6.07, 6.45) is 13.6. The highest BCUT2D eigenvalue weighted by Gasteiger charge is 2.73. The van der Waals surface area contributed by atoms with Crippen LogP contribution in [0.25, 0.3) is 0 Å². The minimum Gasteiger partial charge on any atom is -0.497 e. The number of carbonyl (C=O) groups is 3. The number of methoxy groups -OCH3 is 1. The molecule has 6 rings (SSSR count). The number of hydrogen-bond donors (Lipinski definition) is 2. The van der Waals surface area contributed by atoms with E-state index in [0.717, 1.165) is 57.8 Å². The summed E-state index contributed by atoms with van der Waals surface area (Å²) in [7, 11) is 1.58. The molecule has 0 aromatic heterocycles. The van der Waals surface area contributed by atoms with Crippen molar-refractivity contribution in [3.8, 4) is 5.75 Å². The van der Waals surface area contributed by atoms with E-state index in [4.69, 9.17) is 9.47 Å². The molecule has 1 aromatic carbocycles. The van der Waals surface area contributed by atoms with E-state index in [1.807, 2.05) is 29.2 Å². The van der Waals surface area contributed by atoms with Crippen LogP contribution in [0, 0.1) is 11.8 Å². The largest absolute Gasteiger partial charge is 0.497 e. The Kier molecular flexibility index (Phi) is 6.47. The fourth-order valence-electron chi connectivity index (χ4n) is 7.41. The molecule has 3 aliphatic heterocycles. The molecule has 0 unspecified atom stereocenters. The lowest BCUT2D eigenvalue weighted by Crippen LogP contribution is -2.58. The van der Waals surface area contributed by atoms with Crippen molar-refractivity contribution in [1.29, 1.82) is 0 Å². The summed E-state index contributed by atoms with van der Waals surface area (Å²) < 4.78 is 11.8. The van der Waals surface area contributed by atoms with Crippen LogP contribution in [0.15, 0.2) is 36.4 Å². The highest BCUT2D eigenvalue weighted by atomic mass is 16.5. The summed E-state index contributed by atoms with van der Waals surface area (Å²) in [5, 5.41) is 6.25. The fraction of sp³-hybridized carbons (Fsp3) is 0.621. The minimum absolute atomic E-state index is 0.00137. The average Bonchev–Trinajstić information content (AvgIpc) is 3.57. The molecule has 37 heavy (non-hydrogen) atoms. The van der Waals surface area contributed by atoms with Crippen LogP contribution < -0.4 is 15.4 Å². The van der Waals surface area contributed by atoms with Gasteiger partial charge in [0.05, 0.1) is 25.0 Å². The van der Waals surface area contributed by atoms with E-state index in [1.54, 1.807) is 19.2 Å². The Bertz CT molecular complexity index is 1090. The molecule has 3 heterocycles. The maximum absolute atomic E-state index is 14.2. The first kappa shape index (κ1) is 24.5. The number of hydrogen-bond acceptors (Lipinski definition) is 5. The lowest BCUT2D eigenvalue weighted by atomic mass is 9.74. The summed E-state index contributed by atoms with van der Waals surface area (Å²) in [4.78, 5) is 43.6. The standard InChI is InChI=1S/C29H37N3O5/c1-36-21-14-8-11-19(17-21)31-26(33)23-22-15-16-29(37-22)24(23)28(35)32(20-12-6-3-7-13-20)25(29)27(34)30-18-9-4-2-5-10-18/h8,11,14-18,20,22-25H,2-7,9-10,12-13H2,1H3,(H,30,34)(H,31,33)/t22-,23-,24-,25-,29-/m0/s1. The molecule has 198 valence electrons. The van der Waals surface area contributed by atoms with Gasteiger partial charge in [-0.25, -0.2) is 0 Å². The third-order valence-corrected chi connectivity index (χ3v) is 9.12. The maximum Gasteiger partial charge on any atom is 0.246 e. The first-order valence-electron chi connectivity index (χ1n) is 14.0. The van der Waals surface area contributed by atoms with Crippen molar-refractivity contribution in [1.82, 2.24) is 10.2 Å². The zero-order chi connectivity index (χ0) is 25.6. The van der Waals surface area contributed by atoms with Crippen LogP contribution in [0.3, 0.4) is 0 Å². The van der Waals surface area contributed by atoms with Gasteiger partial charge in [0, 0.05) is 23.8 Å². The van der Waals surface area contributed by atoms with E-state index in [9.17, 15) is 14.4 Å². The van der Waals surface area contributed by atoms with Crippen LogP contribution in [0.5, 0.6) is 5.75 Å². The molecule has 2 N–H and O–H groups in total. The SMILES string of the molecule is COc1cccc(NC(=O)[C@H]2[C@@H]3C=C[C@]4(O3)[C@@H]2C(=O)N(C2CCCCC2)[C@H]4C(=O)NC2CCCCC2)c1. The third kappa shape index (κ3) is 4.13. The zero-order valence-electron chi connectivity index (χ0n) is 21.5. The molecule has 0 radical (unpaired) electrons. The van der Waals surface area contributed by atoms with Crippen molar-refractivity contribution >= 4 is 23.4 Å². The first-order chi connectivity index (χ1) is 18.0. The number of benzene rings is 1. The summed E-state index contributed by atoms with van der Waals surface area (Å²) in [5.74, 6) is -1.28. The Hall–Kier alpha value is -2.87. The van der Waals surface area contributed by atoms with Gasteiger partial charge in [0.1, 0.15) is 17.4 Å². The Morgan fingerprint density at radius 3 is 2.49 bits per heavy atom. The number of amides is 3. The van der Waals surface area contributed by atoms with Crippen LogP contribution in [-0.2, 0) is 19.1 Å². The quantitative estimate of drug-likeness (QED) is 0.574. The van der Waals surface area contributed by atoms with Gasteiger partial charge >= 0.3 is 0 Å². The van der Waals surface area contributed by atoms with Crippen molar-refractivity contribution in [2.45, 2.75) is 94.0 Å². The number of likely N-dealkylation sites (tertiary alicyclic amines) is 1. The number of ether oxygens (including phenoxy) is 2. The Labute approximate surface area is 218 Å². The third-order valence-electron chi connectivity index (χ3n) is 9.12. The van der Waals surface area contributed by atoms with E-state index < -0.39 is 29.6 Å². The van der Waals surface area contributed by atoms with Crippen LogP contribution >= 0.6 is 0 Å². The second kappa shape index (κ2) is 9.78. The van der Waals surface area contributed by atoms with Gasteiger partial charge in [-0.3, -0.25) is 14.4 Å². The van der Waals surface area contributed by atoms with Gasteiger partial charge in [-0.1, -0.05) is 56.7 Å². The van der Waals surface area contributed by atoms with Crippen LogP contribution in [0.2, 0.25) is 0 Å². The van der Waals surface area contributed by atoms with E-state index in [-0.39, 0.29) is 29.8 Å². The Morgan fingerprint density at radius 2 is 1.76 bits per heavy atom. The summed E-state index contributed by atoms with van der Waals surface area (Å²) in [6.45, 7) is 0. The number of carbonyl (C=O) groups excluding carboxylic acids is 3. The maximum atomic E-state index is 14.2. The number of rotatable bonds is 6. The second-order valence-electron chi connectivity index (χ2n) is 11.3. The average molecular weight is 508 g/mol. The number of anilines is 1. The molecule has 8 nitrogen and oxygen atoms in total. The number of fused-ring (bicyclic) bond motifs is 1. The van der Waals surface area contributed by atoms with E-state index in [0.29, 0.717) is 11.4 Å². The normalized spacial score (nSPS) is 33.4. The zero-order valence-corrected chi connectivity index (χ0v) is 21.5. The van der Waals surface area contributed by atoms with Gasteiger partial charge in [-0.05, 0) is 37.8 Å². The molecule has 2 aliphatic carbocycles. The number of nitrogens with zero attached hydrogens (tertiary/aromatic N) is 1. The molecule has 5 atom stereocenters. The Balaban J connectivity index is 1.31. The Morgan fingerprint density at radius 1 is 1.03 bits per heavy atom. The van der Waals surface area contributed by atoms with Gasteiger partial charge in [-0.15, -0.1) is 0 Å². The van der Waals surface area contributed by atoms with E-state index >= 15 is 0 Å². The lowest BCUT2D eigenvalue weighted by Gasteiger charge is -2.39. The predicted octanol–water partition coefficient (Wildman–Crippen LogP) is 3.57. The molecule has 1 spiro atoms. The summed E-state index contributed by atoms with van der Waals surface area (Å²) in [6, 6.07) is 6.56. The fourth-order valence-corrected chi connectivity index (χ4v) is 7.41. The number of nitrogens with one attached hydrogen (secondary N) is 2. The van der Waals surface area contributed by atoms with Crippen LogP contribution in [0.1, 0.15) is 64.2 Å². The van der Waals surface area contributed by atoms with Gasteiger partial charge in [0.2, 0.25) is 17.7 Å². The molecule has 2 saturated carbocycles. The second-order valence-corrected chi connectivity index (χ2v) is 11.3. The molecule has 3 amide bonds. The summed E-state index contributed by atoms with van der Waals surface area (Å²) in [5.41, 5.74) is -0.500. The van der Waals surface area contributed by atoms with Crippen molar-refractivity contribution in [2.24, 2.45) is 11.8 Å². The minimum atomic E-state index is -1.10. The monoisotopic (exact) mass is 507 g/mol. The molecular formula is C29H37N3O5. The smallest absolute Gasteiger partial charge is 0.246 e. The van der Waals surface area contributed by atoms with Crippen molar-refractivity contribution in [2.75, 3.05) is 12.4 Å². The molecule has 8 heteroatoms. The molecule has 2 saturated heterocycles. The van der Waals surface area contributed by atoms with Crippen LogP contribution in [0.4, 0.5) is 5.69 Å². The molecule has 1 aromatic rings. The molecule has 2 bridgehead atoms. The predicted molar refractivity (Wildman–Crippen MR) is 138 cm³/mol. The van der Waals surface area contributed by atoms with E-state index in [1.165, 1.54) is 6.42 Å². The van der Waals surface area contributed by atoms with Crippen molar-refractivity contribution in [3.63, 3.8) is 0 Å². The van der Waals surface area contributed by atoms with E-state index in [2.05, 4.69) is 10.6 Å². The lowest BCUT2D eigenvalue weighted by molar-refractivity contribution is -0.144. The van der Waals surface area contributed by atoms with Gasteiger partial charge in [0.15, 0.2) is 0 Å². The summed E-state index contributed by atoms with van der Waals surface area (Å²) >= 11 is 0. The van der Waals surface area contributed by atoms with Gasteiger partial charge in [-0.2, -0.15) is 0 Å². The highest BCUT2D eigenvalue weighted by molar-refractivity contribution is 6.03. The van der Waals surface area contributed by atoms with Gasteiger partial charge < -0.3 is 25.0 Å². The topological polar surface area (TPSA) is 97.0 Å². The molecular weight excluding hydrogens is 470 g/mol.